The predicted octanol–water partition coefficient (Wildman–Crippen LogP) is 3.34. The lowest BCUT2D eigenvalue weighted by Crippen LogP contribution is -2.09. The lowest BCUT2D eigenvalue weighted by molar-refractivity contribution is 0.462. The zero-order valence-corrected chi connectivity index (χ0v) is 11.0. The molecule has 0 spiro atoms. The Morgan fingerprint density at radius 1 is 1.27 bits per heavy atom. The summed E-state index contributed by atoms with van der Waals surface area (Å²) in [5, 5.41) is 9.89. The number of rotatable bonds is 3. The third kappa shape index (κ3) is 2.73. The highest BCUT2D eigenvalue weighted by Crippen LogP contribution is 2.34. The van der Waals surface area contributed by atoms with Gasteiger partial charge in [0.2, 0.25) is 0 Å². The summed E-state index contributed by atoms with van der Waals surface area (Å²) >= 11 is 3.53. The van der Waals surface area contributed by atoms with Crippen LogP contribution in [0.1, 0.15) is 43.7 Å². The van der Waals surface area contributed by atoms with Gasteiger partial charge in [-0.3, -0.25) is 0 Å². The molecule has 1 aromatic carbocycles. The Labute approximate surface area is 99.6 Å². The first-order valence-electron chi connectivity index (χ1n) is 5.19. The van der Waals surface area contributed by atoms with Crippen molar-refractivity contribution >= 4 is 15.9 Å². The van der Waals surface area contributed by atoms with E-state index in [-0.39, 0.29) is 5.92 Å². The molecular formula is C12H18BrNO. The molecule has 0 saturated heterocycles. The van der Waals surface area contributed by atoms with Crippen LogP contribution in [-0.4, -0.2) is 11.7 Å². The molecule has 0 heterocycles. The van der Waals surface area contributed by atoms with Crippen LogP contribution < -0.4 is 5.73 Å². The van der Waals surface area contributed by atoms with Crippen molar-refractivity contribution in [3.8, 4) is 5.75 Å². The second-order valence-corrected chi connectivity index (χ2v) is 5.08. The van der Waals surface area contributed by atoms with E-state index < -0.39 is 0 Å². The molecule has 84 valence electrons. The molecule has 0 saturated carbocycles. The van der Waals surface area contributed by atoms with Gasteiger partial charge >= 0.3 is 0 Å². The van der Waals surface area contributed by atoms with Crippen LogP contribution in [-0.2, 0) is 0 Å². The molecule has 0 bridgehead atoms. The quantitative estimate of drug-likeness (QED) is 0.886. The fourth-order valence-electron chi connectivity index (χ4n) is 1.56. The van der Waals surface area contributed by atoms with Crippen molar-refractivity contribution in [1.82, 2.24) is 0 Å². The topological polar surface area (TPSA) is 46.2 Å². The van der Waals surface area contributed by atoms with Crippen molar-refractivity contribution in [1.29, 1.82) is 0 Å². The largest absolute Gasteiger partial charge is 0.508 e. The highest BCUT2D eigenvalue weighted by molar-refractivity contribution is 9.10. The normalized spacial score (nSPS) is 13.2. The Morgan fingerprint density at radius 2 is 1.87 bits per heavy atom. The summed E-state index contributed by atoms with van der Waals surface area (Å²) in [7, 11) is 0. The Morgan fingerprint density at radius 3 is 2.33 bits per heavy atom. The van der Waals surface area contributed by atoms with E-state index in [4.69, 9.17) is 5.73 Å². The standard InChI is InChI=1S/C12H18BrNO/c1-7(2)9-5-12(15)10(4-11(9)13)8(3)6-14/h4-5,7-8,15H,6,14H2,1-3H3. The van der Waals surface area contributed by atoms with Crippen LogP contribution in [0.25, 0.3) is 0 Å². The number of benzene rings is 1. The van der Waals surface area contributed by atoms with Crippen LogP contribution in [0, 0.1) is 0 Å². The van der Waals surface area contributed by atoms with Crippen molar-refractivity contribution in [2.24, 2.45) is 5.73 Å². The van der Waals surface area contributed by atoms with E-state index in [1.165, 1.54) is 0 Å². The molecule has 0 radical (unpaired) electrons. The Hall–Kier alpha value is -0.540. The van der Waals surface area contributed by atoms with Gasteiger partial charge < -0.3 is 10.8 Å². The molecule has 0 aliphatic carbocycles. The summed E-state index contributed by atoms with van der Waals surface area (Å²) in [6.07, 6.45) is 0. The number of hydrogen-bond donors (Lipinski definition) is 2. The maximum Gasteiger partial charge on any atom is 0.119 e. The highest BCUT2D eigenvalue weighted by Gasteiger charge is 2.13. The summed E-state index contributed by atoms with van der Waals surface area (Å²) in [5.74, 6) is 0.926. The maximum atomic E-state index is 9.89. The SMILES string of the molecule is CC(C)c1cc(O)c(C(C)CN)cc1Br. The number of halogens is 1. The minimum atomic E-state index is 0.183. The monoisotopic (exact) mass is 271 g/mol. The number of hydrogen-bond acceptors (Lipinski definition) is 2. The second-order valence-electron chi connectivity index (χ2n) is 4.22. The number of aromatic hydroxyl groups is 1. The van der Waals surface area contributed by atoms with Crippen molar-refractivity contribution in [3.63, 3.8) is 0 Å². The van der Waals surface area contributed by atoms with Crippen molar-refractivity contribution in [2.45, 2.75) is 32.6 Å². The van der Waals surface area contributed by atoms with E-state index >= 15 is 0 Å². The molecule has 1 atom stereocenters. The molecule has 0 aliphatic heterocycles. The Kier molecular flexibility index (Phi) is 4.17. The smallest absolute Gasteiger partial charge is 0.119 e. The molecule has 0 aliphatic rings. The number of phenolic OH excluding ortho intramolecular Hbond substituents is 1. The lowest BCUT2D eigenvalue weighted by atomic mass is 9.95. The molecule has 0 amide bonds. The van der Waals surface area contributed by atoms with Crippen molar-refractivity contribution in [3.05, 3.63) is 27.7 Å². The first-order chi connectivity index (χ1) is 6.97. The molecule has 1 unspecified atom stereocenters. The van der Waals surface area contributed by atoms with E-state index in [2.05, 4.69) is 29.8 Å². The fraction of sp³-hybridized carbons (Fsp3) is 0.500. The van der Waals surface area contributed by atoms with Gasteiger partial charge in [-0.25, -0.2) is 0 Å². The summed E-state index contributed by atoms with van der Waals surface area (Å²) in [5.41, 5.74) is 7.63. The van der Waals surface area contributed by atoms with Crippen LogP contribution in [0.3, 0.4) is 0 Å². The number of phenols is 1. The van der Waals surface area contributed by atoms with Gasteiger partial charge in [0.15, 0.2) is 0 Å². The van der Waals surface area contributed by atoms with Gasteiger partial charge in [-0.1, -0.05) is 36.7 Å². The molecule has 15 heavy (non-hydrogen) atoms. The minimum Gasteiger partial charge on any atom is -0.508 e. The van der Waals surface area contributed by atoms with Crippen LogP contribution in [0.4, 0.5) is 0 Å². The Balaban J connectivity index is 3.19. The van der Waals surface area contributed by atoms with Gasteiger partial charge in [0, 0.05) is 4.47 Å². The van der Waals surface area contributed by atoms with Crippen LogP contribution in [0.15, 0.2) is 16.6 Å². The van der Waals surface area contributed by atoms with E-state index in [1.807, 2.05) is 19.1 Å². The molecule has 2 nitrogen and oxygen atoms in total. The second kappa shape index (κ2) is 4.99. The molecule has 3 N–H and O–H groups in total. The maximum absolute atomic E-state index is 9.89. The molecular weight excluding hydrogens is 254 g/mol. The van der Waals surface area contributed by atoms with Gasteiger partial charge in [0.25, 0.3) is 0 Å². The zero-order valence-electron chi connectivity index (χ0n) is 9.42. The summed E-state index contributed by atoms with van der Waals surface area (Å²) in [6.45, 7) is 6.76. The van der Waals surface area contributed by atoms with Crippen molar-refractivity contribution in [2.75, 3.05) is 6.54 Å². The van der Waals surface area contributed by atoms with Crippen molar-refractivity contribution < 1.29 is 5.11 Å². The van der Waals surface area contributed by atoms with Crippen LogP contribution in [0.2, 0.25) is 0 Å². The average molecular weight is 272 g/mol. The van der Waals surface area contributed by atoms with E-state index in [0.29, 0.717) is 18.2 Å². The van der Waals surface area contributed by atoms with E-state index in [9.17, 15) is 5.11 Å². The molecule has 1 aromatic rings. The lowest BCUT2D eigenvalue weighted by Gasteiger charge is -2.16. The fourth-order valence-corrected chi connectivity index (χ4v) is 2.38. The predicted molar refractivity (Wildman–Crippen MR) is 67.4 cm³/mol. The molecule has 3 heteroatoms. The Bertz CT molecular complexity index is 350. The number of nitrogens with two attached hydrogens (primary N) is 1. The van der Waals surface area contributed by atoms with E-state index in [1.54, 1.807) is 0 Å². The molecule has 0 aromatic heterocycles. The first kappa shape index (κ1) is 12.5. The van der Waals surface area contributed by atoms with Crippen LogP contribution >= 0.6 is 15.9 Å². The van der Waals surface area contributed by atoms with Crippen LogP contribution in [0.5, 0.6) is 5.75 Å². The van der Waals surface area contributed by atoms with Gasteiger partial charge in [0.1, 0.15) is 5.75 Å². The third-order valence-electron chi connectivity index (χ3n) is 2.65. The first-order valence-corrected chi connectivity index (χ1v) is 5.99. The third-order valence-corrected chi connectivity index (χ3v) is 3.34. The molecule has 0 fully saturated rings. The van der Waals surface area contributed by atoms with Gasteiger partial charge in [-0.2, -0.15) is 0 Å². The zero-order chi connectivity index (χ0) is 11.6. The van der Waals surface area contributed by atoms with Gasteiger partial charge in [-0.15, -0.1) is 0 Å². The molecule has 1 rings (SSSR count). The van der Waals surface area contributed by atoms with Gasteiger partial charge in [-0.05, 0) is 41.6 Å². The van der Waals surface area contributed by atoms with Gasteiger partial charge in [0.05, 0.1) is 0 Å². The average Bonchev–Trinajstić information content (AvgIpc) is 2.19. The summed E-state index contributed by atoms with van der Waals surface area (Å²) in [6, 6.07) is 3.80. The highest BCUT2D eigenvalue weighted by atomic mass is 79.9. The van der Waals surface area contributed by atoms with E-state index in [0.717, 1.165) is 15.6 Å². The summed E-state index contributed by atoms with van der Waals surface area (Å²) in [4.78, 5) is 0. The summed E-state index contributed by atoms with van der Waals surface area (Å²) < 4.78 is 1.05. The minimum absolute atomic E-state index is 0.183.